The standard InChI is InChI=1S/C14H30O.C9H19NO4.C4H6N4O3/c1-2-3-4-5-6-7-8-9-10-11-12-13-14-15;1-9(2,6-12)7(13)8(14)10-4-3-5-11;5-3(10)6-1-2(9)8-4(11)7-1/h15H,2-14H2,1H3;7,11-13H,3-6H2,1-2H3,(H,10,14);1H,(H3,5,6,10)(H2,7,8,9,11). The first-order valence-electron chi connectivity index (χ1n) is 14.4. The molecular formula is C27H55N5O8. The maximum atomic E-state index is 11.3. The highest BCUT2D eigenvalue weighted by Gasteiger charge is 2.32. The van der Waals surface area contributed by atoms with Gasteiger partial charge in [0.2, 0.25) is 5.91 Å². The Balaban J connectivity index is 0. The van der Waals surface area contributed by atoms with Crippen LogP contribution in [0.2, 0.25) is 0 Å². The normalized spacial score (nSPS) is 15.0. The van der Waals surface area contributed by atoms with Crippen LogP contribution in [0, 0.1) is 5.41 Å². The number of amides is 6. The van der Waals surface area contributed by atoms with Crippen LogP contribution in [-0.2, 0) is 9.59 Å². The number of aliphatic hydroxyl groups is 4. The number of nitrogens with one attached hydrogen (secondary N) is 4. The van der Waals surface area contributed by atoms with Gasteiger partial charge < -0.3 is 42.1 Å². The number of urea groups is 2. The molecule has 10 N–H and O–H groups in total. The Morgan fingerprint density at radius 1 is 0.875 bits per heavy atom. The molecule has 0 aromatic rings. The van der Waals surface area contributed by atoms with Crippen LogP contribution in [0.5, 0.6) is 0 Å². The van der Waals surface area contributed by atoms with Gasteiger partial charge in [-0.2, -0.15) is 0 Å². The molecule has 1 aliphatic rings. The maximum Gasteiger partial charge on any atom is 0.323 e. The van der Waals surface area contributed by atoms with E-state index in [-0.39, 0.29) is 13.2 Å². The van der Waals surface area contributed by atoms with Gasteiger partial charge >= 0.3 is 12.1 Å². The SMILES string of the molecule is CC(C)(CO)C(O)C(=O)NCCCO.CCCCCCCCCCCCCCO.NC(=O)NC1NC(=O)NC1=O. The van der Waals surface area contributed by atoms with E-state index in [1.165, 1.54) is 70.6 Å². The molecule has 40 heavy (non-hydrogen) atoms. The molecule has 0 aromatic heterocycles. The molecule has 1 rings (SSSR count). The molecular weight excluding hydrogens is 522 g/mol. The van der Waals surface area contributed by atoms with Crippen molar-refractivity contribution in [3.8, 4) is 0 Å². The number of nitrogens with two attached hydrogens (primary N) is 1. The number of rotatable bonds is 19. The number of carbonyl (C=O) groups excluding carboxylic acids is 4. The van der Waals surface area contributed by atoms with E-state index in [1.807, 2.05) is 10.6 Å². The minimum absolute atomic E-state index is 0.000230. The first-order valence-corrected chi connectivity index (χ1v) is 14.4. The van der Waals surface area contributed by atoms with Crippen molar-refractivity contribution in [1.29, 1.82) is 0 Å². The summed E-state index contributed by atoms with van der Waals surface area (Å²) in [6.07, 6.45) is 14.4. The van der Waals surface area contributed by atoms with Gasteiger partial charge in [-0.3, -0.25) is 14.9 Å². The van der Waals surface area contributed by atoms with Gasteiger partial charge in [-0.15, -0.1) is 0 Å². The third-order valence-electron chi connectivity index (χ3n) is 6.10. The molecule has 1 saturated heterocycles. The predicted octanol–water partition coefficient (Wildman–Crippen LogP) is 1.36. The lowest BCUT2D eigenvalue weighted by Crippen LogP contribution is -2.48. The van der Waals surface area contributed by atoms with Crippen LogP contribution < -0.4 is 27.0 Å². The third kappa shape index (κ3) is 22.3. The Hall–Kier alpha value is -2.48. The van der Waals surface area contributed by atoms with Gasteiger partial charge in [-0.1, -0.05) is 91.4 Å². The maximum absolute atomic E-state index is 11.3. The Kier molecular flexibility index (Phi) is 25.3. The topological polar surface area (TPSA) is 223 Å². The lowest BCUT2D eigenvalue weighted by molar-refractivity contribution is -0.137. The van der Waals surface area contributed by atoms with Crippen LogP contribution in [0.3, 0.4) is 0 Å². The van der Waals surface area contributed by atoms with Gasteiger partial charge in [0.1, 0.15) is 6.10 Å². The highest BCUT2D eigenvalue weighted by Crippen LogP contribution is 2.19. The van der Waals surface area contributed by atoms with Crippen molar-refractivity contribution in [2.75, 3.05) is 26.4 Å². The zero-order valence-electron chi connectivity index (χ0n) is 24.7. The van der Waals surface area contributed by atoms with Crippen LogP contribution >= 0.6 is 0 Å². The highest BCUT2D eigenvalue weighted by molar-refractivity contribution is 6.05. The summed E-state index contributed by atoms with van der Waals surface area (Å²) in [5, 5.41) is 44.0. The summed E-state index contributed by atoms with van der Waals surface area (Å²) >= 11 is 0. The average Bonchev–Trinajstić information content (AvgIpc) is 3.23. The van der Waals surface area contributed by atoms with Crippen LogP contribution in [0.1, 0.15) is 104 Å². The summed E-state index contributed by atoms with van der Waals surface area (Å²) < 4.78 is 0. The number of hydrogen-bond acceptors (Lipinski definition) is 8. The van der Waals surface area contributed by atoms with Gasteiger partial charge in [-0.25, -0.2) is 9.59 Å². The van der Waals surface area contributed by atoms with E-state index in [0.717, 1.165) is 6.42 Å². The first kappa shape index (κ1) is 39.7. The molecule has 236 valence electrons. The molecule has 0 bridgehead atoms. The van der Waals surface area contributed by atoms with E-state index in [9.17, 15) is 24.3 Å². The van der Waals surface area contributed by atoms with E-state index in [1.54, 1.807) is 13.8 Å². The Bertz CT molecular complexity index is 682. The molecule has 6 amide bonds. The molecule has 0 spiro atoms. The molecule has 0 radical (unpaired) electrons. The van der Waals surface area contributed by atoms with Gasteiger partial charge in [0.15, 0.2) is 6.17 Å². The quantitative estimate of drug-likeness (QED) is 0.0803. The molecule has 2 atom stereocenters. The largest absolute Gasteiger partial charge is 0.396 e. The predicted molar refractivity (Wildman–Crippen MR) is 153 cm³/mol. The summed E-state index contributed by atoms with van der Waals surface area (Å²) in [6, 6.07) is -1.51. The van der Waals surface area contributed by atoms with Crippen molar-refractivity contribution < 1.29 is 39.6 Å². The van der Waals surface area contributed by atoms with Crippen molar-refractivity contribution in [2.45, 2.75) is 117 Å². The van der Waals surface area contributed by atoms with Crippen molar-refractivity contribution in [2.24, 2.45) is 11.1 Å². The second-order valence-corrected chi connectivity index (χ2v) is 10.4. The summed E-state index contributed by atoms with van der Waals surface area (Å²) in [5.41, 5.74) is 3.85. The summed E-state index contributed by atoms with van der Waals surface area (Å²) in [4.78, 5) is 42.5. The zero-order chi connectivity index (χ0) is 30.8. The van der Waals surface area contributed by atoms with E-state index in [0.29, 0.717) is 19.6 Å². The van der Waals surface area contributed by atoms with Crippen molar-refractivity contribution >= 4 is 23.9 Å². The lowest BCUT2D eigenvalue weighted by Gasteiger charge is -2.27. The smallest absolute Gasteiger partial charge is 0.323 e. The van der Waals surface area contributed by atoms with Crippen molar-refractivity contribution in [3.63, 3.8) is 0 Å². The molecule has 1 aliphatic heterocycles. The molecule has 0 saturated carbocycles. The third-order valence-corrected chi connectivity index (χ3v) is 6.10. The Morgan fingerprint density at radius 2 is 1.35 bits per heavy atom. The van der Waals surface area contributed by atoms with E-state index in [4.69, 9.17) is 21.1 Å². The summed E-state index contributed by atoms with van der Waals surface area (Å²) in [6.45, 7) is 5.91. The monoisotopic (exact) mass is 577 g/mol. The van der Waals surface area contributed by atoms with Crippen LogP contribution in [-0.4, -0.2) is 82.9 Å². The number of imide groups is 1. The molecule has 13 heteroatoms. The molecule has 0 aliphatic carbocycles. The zero-order valence-corrected chi connectivity index (χ0v) is 24.7. The van der Waals surface area contributed by atoms with Gasteiger partial charge in [-0.05, 0) is 12.8 Å². The minimum Gasteiger partial charge on any atom is -0.396 e. The second-order valence-electron chi connectivity index (χ2n) is 10.4. The fourth-order valence-corrected chi connectivity index (χ4v) is 3.44. The fraction of sp³-hybridized carbons (Fsp3) is 0.852. The highest BCUT2D eigenvalue weighted by atomic mass is 16.3. The fourth-order valence-electron chi connectivity index (χ4n) is 3.44. The van der Waals surface area contributed by atoms with Crippen LogP contribution in [0.25, 0.3) is 0 Å². The van der Waals surface area contributed by atoms with Gasteiger partial charge in [0.25, 0.3) is 5.91 Å². The van der Waals surface area contributed by atoms with E-state index >= 15 is 0 Å². The van der Waals surface area contributed by atoms with Crippen LogP contribution in [0.15, 0.2) is 0 Å². The molecule has 1 heterocycles. The van der Waals surface area contributed by atoms with Crippen LogP contribution in [0.4, 0.5) is 9.59 Å². The number of hydrogen-bond donors (Lipinski definition) is 9. The molecule has 1 fully saturated rings. The summed E-state index contributed by atoms with van der Waals surface area (Å²) in [5.74, 6) is -1.13. The minimum atomic E-state index is -1.23. The number of aliphatic hydroxyl groups excluding tert-OH is 4. The van der Waals surface area contributed by atoms with E-state index < -0.39 is 41.6 Å². The first-order chi connectivity index (χ1) is 19.0. The van der Waals surface area contributed by atoms with Gasteiger partial charge in [0.05, 0.1) is 6.61 Å². The number of carbonyl (C=O) groups is 4. The number of primary amides is 1. The number of unbranched alkanes of at least 4 members (excludes halogenated alkanes) is 11. The molecule has 13 nitrogen and oxygen atoms in total. The average molecular weight is 578 g/mol. The van der Waals surface area contributed by atoms with Crippen molar-refractivity contribution in [3.05, 3.63) is 0 Å². The van der Waals surface area contributed by atoms with E-state index in [2.05, 4.69) is 17.6 Å². The van der Waals surface area contributed by atoms with Crippen molar-refractivity contribution in [1.82, 2.24) is 21.3 Å². The lowest BCUT2D eigenvalue weighted by atomic mass is 9.87. The molecule has 2 unspecified atom stereocenters. The summed E-state index contributed by atoms with van der Waals surface area (Å²) in [7, 11) is 0. The second kappa shape index (κ2) is 25.5. The molecule has 0 aromatic carbocycles. The Labute approximate surface area is 239 Å². The van der Waals surface area contributed by atoms with Gasteiger partial charge in [0, 0.05) is 25.2 Å². The Morgan fingerprint density at radius 3 is 1.73 bits per heavy atom.